The van der Waals surface area contributed by atoms with Crippen LogP contribution in [0.25, 0.3) is 0 Å². The van der Waals surface area contributed by atoms with Crippen molar-refractivity contribution in [3.63, 3.8) is 0 Å². The van der Waals surface area contributed by atoms with E-state index in [4.69, 9.17) is 14.2 Å². The molecule has 0 saturated carbocycles. The Balaban J connectivity index is 1.55. The third-order valence-electron chi connectivity index (χ3n) is 4.76. The first-order valence-electron chi connectivity index (χ1n) is 9.61. The second kappa shape index (κ2) is 10.2. The highest BCUT2D eigenvalue weighted by atomic mass is 16.5. The molecule has 0 radical (unpaired) electrons. The molecule has 1 amide bonds. The molecule has 1 aromatic carbocycles. The zero-order chi connectivity index (χ0) is 19.8. The largest absolute Gasteiger partial charge is 0.458 e. The molecule has 3 rings (SSSR count). The Hall–Kier alpha value is -2.41. The number of benzene rings is 1. The van der Waals surface area contributed by atoms with Gasteiger partial charge in [-0.1, -0.05) is 37.4 Å². The Kier molecular flexibility index (Phi) is 7.42. The molecule has 150 valence electrons. The Bertz CT molecular complexity index is 711. The van der Waals surface area contributed by atoms with Crippen LogP contribution in [0.5, 0.6) is 5.75 Å². The van der Waals surface area contributed by atoms with Gasteiger partial charge in [0.2, 0.25) is 0 Å². The molecule has 6 heteroatoms. The van der Waals surface area contributed by atoms with Crippen molar-refractivity contribution < 1.29 is 19.0 Å². The van der Waals surface area contributed by atoms with E-state index in [1.165, 1.54) is 0 Å². The molecule has 2 fully saturated rings. The highest BCUT2D eigenvalue weighted by Gasteiger charge is 2.31. The van der Waals surface area contributed by atoms with Crippen molar-refractivity contribution in [3.8, 4) is 5.75 Å². The minimum absolute atomic E-state index is 0.0500. The number of rotatable bonds is 7. The van der Waals surface area contributed by atoms with Crippen LogP contribution in [0.3, 0.4) is 0 Å². The van der Waals surface area contributed by atoms with Gasteiger partial charge >= 0.3 is 0 Å². The first-order chi connectivity index (χ1) is 13.7. The molecule has 0 bridgehead atoms. The quantitative estimate of drug-likeness (QED) is 0.533. The van der Waals surface area contributed by atoms with Crippen LogP contribution in [-0.4, -0.2) is 74.4 Å². The van der Waals surface area contributed by atoms with Crippen LogP contribution in [0.2, 0.25) is 0 Å². The number of carbonyl (C=O) groups is 1. The van der Waals surface area contributed by atoms with Gasteiger partial charge in [0.25, 0.3) is 5.91 Å². The van der Waals surface area contributed by atoms with E-state index in [2.05, 4.69) is 18.1 Å². The molecule has 2 aliphatic heterocycles. The summed E-state index contributed by atoms with van der Waals surface area (Å²) in [7, 11) is 0. The van der Waals surface area contributed by atoms with Gasteiger partial charge in [-0.05, 0) is 23.8 Å². The maximum Gasteiger partial charge on any atom is 0.253 e. The molecule has 0 N–H and O–H groups in total. The van der Waals surface area contributed by atoms with Gasteiger partial charge in [0.1, 0.15) is 17.6 Å². The average molecular weight is 384 g/mol. The summed E-state index contributed by atoms with van der Waals surface area (Å²) in [5, 5.41) is 0. The number of allylic oxidation sites excluding steroid dienone is 1. The lowest BCUT2D eigenvalue weighted by molar-refractivity contribution is -0.153. The normalized spacial score (nSPS) is 21.2. The summed E-state index contributed by atoms with van der Waals surface area (Å²) in [6.45, 7) is 12.9. The number of para-hydroxylation sites is 1. The van der Waals surface area contributed by atoms with Gasteiger partial charge in [-0.2, -0.15) is 0 Å². The van der Waals surface area contributed by atoms with Crippen molar-refractivity contribution in [2.24, 2.45) is 0 Å². The SMILES string of the molecule is C=C/C(=C\C(=C)Oc1ccccc1)CN1CCOC(C(=O)N2CCOCC2)C1. The van der Waals surface area contributed by atoms with Gasteiger partial charge in [-0.3, -0.25) is 9.69 Å². The molecular weight excluding hydrogens is 356 g/mol. The smallest absolute Gasteiger partial charge is 0.253 e. The number of morpholine rings is 2. The molecule has 1 aromatic rings. The summed E-state index contributed by atoms with van der Waals surface area (Å²) in [4.78, 5) is 16.7. The fourth-order valence-electron chi connectivity index (χ4n) is 3.29. The number of ether oxygens (including phenoxy) is 3. The number of carbonyl (C=O) groups excluding carboxylic acids is 1. The third kappa shape index (κ3) is 5.79. The van der Waals surface area contributed by atoms with Gasteiger partial charge < -0.3 is 19.1 Å². The Morgan fingerprint density at radius 2 is 1.93 bits per heavy atom. The summed E-state index contributed by atoms with van der Waals surface area (Å²) in [6.07, 6.45) is 3.25. The van der Waals surface area contributed by atoms with Crippen LogP contribution in [0, 0.1) is 0 Å². The number of amides is 1. The van der Waals surface area contributed by atoms with E-state index in [1.807, 2.05) is 41.3 Å². The maximum atomic E-state index is 12.7. The number of hydrogen-bond acceptors (Lipinski definition) is 5. The first kappa shape index (κ1) is 20.3. The summed E-state index contributed by atoms with van der Waals surface area (Å²) in [5.74, 6) is 1.35. The molecule has 2 aliphatic rings. The van der Waals surface area contributed by atoms with Gasteiger partial charge in [-0.15, -0.1) is 0 Å². The molecule has 1 atom stereocenters. The van der Waals surface area contributed by atoms with E-state index in [1.54, 1.807) is 6.08 Å². The first-order valence-corrected chi connectivity index (χ1v) is 9.61. The fourth-order valence-corrected chi connectivity index (χ4v) is 3.29. The topological polar surface area (TPSA) is 51.2 Å². The van der Waals surface area contributed by atoms with E-state index in [-0.39, 0.29) is 5.91 Å². The summed E-state index contributed by atoms with van der Waals surface area (Å²) < 4.78 is 16.8. The fraction of sp³-hybridized carbons (Fsp3) is 0.409. The van der Waals surface area contributed by atoms with E-state index in [9.17, 15) is 4.79 Å². The van der Waals surface area contributed by atoms with Gasteiger partial charge in [0, 0.05) is 32.7 Å². The van der Waals surface area contributed by atoms with Crippen molar-refractivity contribution in [2.45, 2.75) is 6.10 Å². The molecule has 0 aliphatic carbocycles. The second-order valence-electron chi connectivity index (χ2n) is 6.84. The van der Waals surface area contributed by atoms with Crippen molar-refractivity contribution in [1.82, 2.24) is 9.80 Å². The van der Waals surface area contributed by atoms with Crippen LogP contribution < -0.4 is 4.74 Å². The maximum absolute atomic E-state index is 12.7. The number of hydrogen-bond donors (Lipinski definition) is 0. The summed E-state index contributed by atoms with van der Waals surface area (Å²) in [5.41, 5.74) is 0.986. The summed E-state index contributed by atoms with van der Waals surface area (Å²) >= 11 is 0. The number of nitrogens with zero attached hydrogens (tertiary/aromatic N) is 2. The Morgan fingerprint density at radius 1 is 1.18 bits per heavy atom. The zero-order valence-electron chi connectivity index (χ0n) is 16.2. The second-order valence-corrected chi connectivity index (χ2v) is 6.84. The van der Waals surface area contributed by atoms with Crippen molar-refractivity contribution in [1.29, 1.82) is 0 Å². The van der Waals surface area contributed by atoms with Crippen LogP contribution in [0.1, 0.15) is 0 Å². The van der Waals surface area contributed by atoms with Crippen molar-refractivity contribution >= 4 is 5.91 Å². The van der Waals surface area contributed by atoms with Gasteiger partial charge in [0.05, 0.1) is 19.8 Å². The molecule has 2 saturated heterocycles. The summed E-state index contributed by atoms with van der Waals surface area (Å²) in [6, 6.07) is 9.54. The predicted molar refractivity (Wildman–Crippen MR) is 108 cm³/mol. The predicted octanol–water partition coefficient (Wildman–Crippen LogP) is 2.25. The molecule has 1 unspecified atom stereocenters. The van der Waals surface area contributed by atoms with Crippen molar-refractivity contribution in [3.05, 3.63) is 67.0 Å². The highest BCUT2D eigenvalue weighted by Crippen LogP contribution is 2.16. The molecule has 0 aromatic heterocycles. The van der Waals surface area contributed by atoms with Crippen LogP contribution in [-0.2, 0) is 14.3 Å². The standard InChI is InChI=1S/C22H28N2O4/c1-3-19(15-18(2)28-20-7-5-4-6-8-20)16-23-9-14-27-21(17-23)22(25)24-10-12-26-13-11-24/h3-8,15,21H,1-2,9-14,16-17H2/b19-15+. The Labute approximate surface area is 166 Å². The molecular formula is C22H28N2O4. The zero-order valence-corrected chi connectivity index (χ0v) is 16.2. The van der Waals surface area contributed by atoms with E-state index in [0.717, 1.165) is 17.9 Å². The minimum Gasteiger partial charge on any atom is -0.458 e. The van der Waals surface area contributed by atoms with Crippen LogP contribution in [0.4, 0.5) is 0 Å². The molecule has 2 heterocycles. The minimum atomic E-state index is -0.429. The van der Waals surface area contributed by atoms with E-state index < -0.39 is 6.10 Å². The Morgan fingerprint density at radius 3 is 2.64 bits per heavy atom. The van der Waals surface area contributed by atoms with E-state index in [0.29, 0.717) is 51.8 Å². The monoisotopic (exact) mass is 384 g/mol. The lowest BCUT2D eigenvalue weighted by atomic mass is 10.1. The molecule has 6 nitrogen and oxygen atoms in total. The van der Waals surface area contributed by atoms with Crippen LogP contribution >= 0.6 is 0 Å². The third-order valence-corrected chi connectivity index (χ3v) is 4.76. The van der Waals surface area contributed by atoms with Crippen molar-refractivity contribution in [2.75, 3.05) is 52.5 Å². The lowest BCUT2D eigenvalue weighted by Gasteiger charge is -2.36. The lowest BCUT2D eigenvalue weighted by Crippen LogP contribution is -2.53. The average Bonchev–Trinajstić information content (AvgIpc) is 2.74. The van der Waals surface area contributed by atoms with Gasteiger partial charge in [0.15, 0.2) is 0 Å². The molecule has 0 spiro atoms. The highest BCUT2D eigenvalue weighted by molar-refractivity contribution is 5.81. The van der Waals surface area contributed by atoms with E-state index >= 15 is 0 Å². The van der Waals surface area contributed by atoms with Crippen LogP contribution in [0.15, 0.2) is 67.0 Å². The molecule has 28 heavy (non-hydrogen) atoms. The van der Waals surface area contributed by atoms with Gasteiger partial charge in [-0.25, -0.2) is 0 Å².